The molecule has 6 nitrogen and oxygen atoms in total. The molecule has 2 N–H and O–H groups in total. The van der Waals surface area contributed by atoms with Gasteiger partial charge in [-0.1, -0.05) is 65.8 Å². The maximum absolute atomic E-state index is 13.2. The average molecular weight is 751 g/mol. The zero-order chi connectivity index (χ0) is 40.2. The third-order valence-electron chi connectivity index (χ3n) is 10.4. The number of hydrogen-bond donors (Lipinski definition) is 2. The van der Waals surface area contributed by atoms with Crippen LogP contribution in [-0.4, -0.2) is 24.9 Å². The molecule has 0 unspecified atom stereocenters. The van der Waals surface area contributed by atoms with E-state index in [0.717, 1.165) is 84.6 Å². The fourth-order valence-electron chi connectivity index (χ4n) is 7.80. The third-order valence-corrected chi connectivity index (χ3v) is 10.4. The van der Waals surface area contributed by atoms with Gasteiger partial charge in [0.05, 0.1) is 0 Å². The van der Waals surface area contributed by atoms with E-state index in [2.05, 4.69) is 94.9 Å². The van der Waals surface area contributed by atoms with Crippen LogP contribution in [0.4, 0.5) is 31.5 Å². The first-order valence-corrected chi connectivity index (χ1v) is 19.6. The molecule has 55 heavy (non-hydrogen) atoms. The van der Waals surface area contributed by atoms with Crippen molar-refractivity contribution in [1.29, 1.82) is 0 Å². The Morgan fingerprint density at radius 3 is 1.38 bits per heavy atom. The van der Waals surface area contributed by atoms with E-state index >= 15 is 0 Å². The van der Waals surface area contributed by atoms with E-state index < -0.39 is 0 Å². The van der Waals surface area contributed by atoms with E-state index in [1.807, 2.05) is 31.2 Å². The van der Waals surface area contributed by atoms with Crippen molar-refractivity contribution in [2.45, 2.75) is 114 Å². The lowest BCUT2D eigenvalue weighted by atomic mass is 9.90. The molecule has 8 heteroatoms. The number of carbonyl (C=O) groups is 2. The second-order valence-corrected chi connectivity index (χ2v) is 17.9. The Morgan fingerprint density at radius 2 is 0.982 bits per heavy atom. The Bertz CT molecular complexity index is 2010. The number of nitrogens with zero attached hydrogens (tertiary/aromatic N) is 2. The first-order valence-electron chi connectivity index (χ1n) is 19.6. The van der Waals surface area contributed by atoms with Gasteiger partial charge < -0.3 is 20.4 Å². The van der Waals surface area contributed by atoms with E-state index in [1.165, 1.54) is 52.3 Å². The molecule has 2 heterocycles. The molecule has 2 amide bonds. The van der Waals surface area contributed by atoms with Crippen LogP contribution in [0.3, 0.4) is 0 Å². The normalized spacial score (nSPS) is 13.8. The second kappa shape index (κ2) is 17.0. The molecule has 6 rings (SSSR count). The van der Waals surface area contributed by atoms with Crippen LogP contribution in [0.1, 0.15) is 105 Å². The molecule has 0 spiro atoms. The zero-order valence-electron chi connectivity index (χ0n) is 34.6. The van der Waals surface area contributed by atoms with Crippen LogP contribution in [0.25, 0.3) is 0 Å². The van der Waals surface area contributed by atoms with Gasteiger partial charge in [0, 0.05) is 61.8 Å². The maximum Gasteiger partial charge on any atom is 0.224 e. The topological polar surface area (TPSA) is 64.7 Å². The molecule has 0 saturated carbocycles. The van der Waals surface area contributed by atoms with Crippen molar-refractivity contribution in [3.8, 4) is 0 Å². The molecule has 0 aliphatic carbocycles. The van der Waals surface area contributed by atoms with Gasteiger partial charge >= 0.3 is 0 Å². The number of hydrogen-bond acceptors (Lipinski definition) is 4. The van der Waals surface area contributed by atoms with Crippen molar-refractivity contribution in [3.63, 3.8) is 0 Å². The maximum atomic E-state index is 13.2. The number of anilines is 4. The SMILES string of the molecule is Cc1cc2c(c(C)c1NC(=O)CC(C)(C)C)CCCN2Cc1ccc(F)cc1.Cc1cc2c(c(C)c1NC(=O)CC(C)(C)C)CCN2Cc1ccc(F)cc1. The van der Waals surface area contributed by atoms with E-state index in [0.29, 0.717) is 12.8 Å². The van der Waals surface area contributed by atoms with Crippen molar-refractivity contribution in [2.24, 2.45) is 10.8 Å². The third kappa shape index (κ3) is 11.0. The van der Waals surface area contributed by atoms with Crippen molar-refractivity contribution in [1.82, 2.24) is 0 Å². The molecule has 4 aromatic rings. The molecule has 0 aromatic heterocycles. The monoisotopic (exact) mass is 750 g/mol. The fourth-order valence-corrected chi connectivity index (χ4v) is 7.80. The number of halogens is 2. The zero-order valence-corrected chi connectivity index (χ0v) is 34.6. The van der Waals surface area contributed by atoms with Crippen molar-refractivity contribution < 1.29 is 18.4 Å². The predicted octanol–water partition coefficient (Wildman–Crippen LogP) is 11.1. The molecule has 0 saturated heterocycles. The van der Waals surface area contributed by atoms with Gasteiger partial charge in [0.15, 0.2) is 0 Å². The molecular formula is C47H60F2N4O2. The molecule has 0 bridgehead atoms. The lowest BCUT2D eigenvalue weighted by Crippen LogP contribution is -2.30. The van der Waals surface area contributed by atoms with Crippen molar-refractivity contribution in [2.75, 3.05) is 33.5 Å². The smallest absolute Gasteiger partial charge is 0.224 e. The Labute approximate surface area is 327 Å². The van der Waals surface area contributed by atoms with E-state index in [9.17, 15) is 18.4 Å². The minimum Gasteiger partial charge on any atom is -0.367 e. The number of benzene rings is 4. The van der Waals surface area contributed by atoms with E-state index in [4.69, 9.17) is 0 Å². The van der Waals surface area contributed by atoms with Crippen molar-refractivity contribution in [3.05, 3.63) is 117 Å². The Kier molecular flexibility index (Phi) is 12.8. The predicted molar refractivity (Wildman–Crippen MR) is 224 cm³/mol. The number of fused-ring (bicyclic) bond motifs is 2. The Hall–Kier alpha value is -4.72. The lowest BCUT2D eigenvalue weighted by molar-refractivity contribution is -0.118. The molecule has 294 valence electrons. The Morgan fingerprint density at radius 1 is 0.600 bits per heavy atom. The highest BCUT2D eigenvalue weighted by molar-refractivity contribution is 5.94. The van der Waals surface area contributed by atoms with Gasteiger partial charge in [-0.2, -0.15) is 0 Å². The number of aryl methyl sites for hydroxylation is 2. The largest absolute Gasteiger partial charge is 0.367 e. The molecule has 2 aliphatic rings. The van der Waals surface area contributed by atoms with Crippen LogP contribution < -0.4 is 20.4 Å². The molecular weight excluding hydrogens is 691 g/mol. The van der Waals surface area contributed by atoms with Gasteiger partial charge in [-0.15, -0.1) is 0 Å². The first-order chi connectivity index (χ1) is 25.8. The molecule has 0 radical (unpaired) electrons. The van der Waals surface area contributed by atoms with Gasteiger partial charge in [0.25, 0.3) is 0 Å². The van der Waals surface area contributed by atoms with E-state index in [-0.39, 0.29) is 34.3 Å². The highest BCUT2D eigenvalue weighted by atomic mass is 19.1. The van der Waals surface area contributed by atoms with Gasteiger partial charge in [-0.3, -0.25) is 9.59 Å². The summed E-state index contributed by atoms with van der Waals surface area (Å²) in [6, 6.07) is 17.8. The number of nitrogens with one attached hydrogen (secondary N) is 2. The fraction of sp³-hybridized carbons (Fsp3) is 0.447. The average Bonchev–Trinajstić information content (AvgIpc) is 3.48. The van der Waals surface area contributed by atoms with Gasteiger partial charge in [0.2, 0.25) is 11.8 Å². The summed E-state index contributed by atoms with van der Waals surface area (Å²) in [4.78, 5) is 29.6. The first kappa shape index (κ1) is 41.4. The summed E-state index contributed by atoms with van der Waals surface area (Å²) in [5.41, 5.74) is 13.6. The number of rotatable bonds is 8. The summed E-state index contributed by atoms with van der Waals surface area (Å²) in [6.45, 7) is 24.2. The lowest BCUT2D eigenvalue weighted by Gasteiger charge is -2.34. The number of carbonyl (C=O) groups excluding carboxylic acids is 2. The van der Waals surface area contributed by atoms with Gasteiger partial charge in [-0.05, 0) is 139 Å². The summed E-state index contributed by atoms with van der Waals surface area (Å²) in [5, 5.41) is 6.29. The molecule has 4 aromatic carbocycles. The van der Waals surface area contributed by atoms with Crippen LogP contribution >= 0.6 is 0 Å². The van der Waals surface area contributed by atoms with Gasteiger partial charge in [0.1, 0.15) is 11.6 Å². The second-order valence-electron chi connectivity index (χ2n) is 17.9. The van der Waals surface area contributed by atoms with Crippen LogP contribution in [0.5, 0.6) is 0 Å². The summed E-state index contributed by atoms with van der Waals surface area (Å²) in [7, 11) is 0. The molecule has 0 fully saturated rings. The summed E-state index contributed by atoms with van der Waals surface area (Å²) >= 11 is 0. The highest BCUT2D eigenvalue weighted by Crippen LogP contribution is 2.39. The number of amides is 2. The Balaban J connectivity index is 0.000000211. The molecule has 0 atom stereocenters. The van der Waals surface area contributed by atoms with Crippen LogP contribution in [-0.2, 0) is 35.5 Å². The van der Waals surface area contributed by atoms with Crippen LogP contribution in [0, 0.1) is 50.2 Å². The van der Waals surface area contributed by atoms with E-state index in [1.54, 1.807) is 0 Å². The summed E-state index contributed by atoms with van der Waals surface area (Å²) < 4.78 is 26.4. The van der Waals surface area contributed by atoms with Crippen LogP contribution in [0.15, 0.2) is 60.7 Å². The highest BCUT2D eigenvalue weighted by Gasteiger charge is 2.26. The summed E-state index contributed by atoms with van der Waals surface area (Å²) in [5.74, 6) is -0.277. The standard InChI is InChI=1S/C24H31FN2O.C23H29FN2O/c1-16-13-21-20(17(2)23(16)26-22(28)14-24(3,4)5)7-6-12-27(21)15-18-8-10-19(25)11-9-18;1-15-12-20-19(16(2)22(15)25-21(27)13-23(3,4)5)10-11-26(20)14-17-6-8-18(24)9-7-17/h8-11,13H,6-7,12,14-15H2,1-5H3,(H,26,28);6-9,12H,10-11,13-14H2,1-5H3,(H,25,27). The minimum absolute atomic E-state index is 0.0332. The van der Waals surface area contributed by atoms with Crippen LogP contribution in [0.2, 0.25) is 0 Å². The van der Waals surface area contributed by atoms with Crippen molar-refractivity contribution >= 4 is 34.6 Å². The summed E-state index contributed by atoms with van der Waals surface area (Å²) in [6.07, 6.45) is 4.06. The van der Waals surface area contributed by atoms with Gasteiger partial charge in [-0.25, -0.2) is 8.78 Å². The minimum atomic E-state index is -0.206. The quantitative estimate of drug-likeness (QED) is 0.188. The molecule has 2 aliphatic heterocycles.